The molecule has 0 aliphatic carbocycles. The molecule has 0 saturated heterocycles. The van der Waals surface area contributed by atoms with Crippen molar-refractivity contribution in [2.24, 2.45) is 0 Å². The monoisotopic (exact) mass is 335 g/mol. The molecule has 0 spiro atoms. The highest BCUT2D eigenvalue weighted by atomic mass is 35.5. The smallest absolute Gasteiger partial charge is 0.355 e. The average molecular weight is 336 g/mol. The SMILES string of the molecule is CC(=O)c1c[nH]c(C(=O)OCc2cc(Cl)cc3c2OCOC3)c1. The predicted molar refractivity (Wildman–Crippen MR) is 81.7 cm³/mol. The Morgan fingerprint density at radius 3 is 2.91 bits per heavy atom. The molecule has 0 saturated carbocycles. The molecule has 23 heavy (non-hydrogen) atoms. The second kappa shape index (κ2) is 6.44. The number of hydrogen-bond acceptors (Lipinski definition) is 5. The molecule has 1 N–H and O–H groups in total. The van der Waals surface area contributed by atoms with E-state index in [1.54, 1.807) is 12.1 Å². The first-order chi connectivity index (χ1) is 11.0. The topological polar surface area (TPSA) is 77.6 Å². The summed E-state index contributed by atoms with van der Waals surface area (Å²) in [7, 11) is 0. The van der Waals surface area contributed by atoms with Crippen molar-refractivity contribution in [1.82, 2.24) is 4.98 Å². The Morgan fingerprint density at radius 1 is 1.35 bits per heavy atom. The van der Waals surface area contributed by atoms with E-state index in [-0.39, 0.29) is 24.9 Å². The number of ketones is 1. The maximum absolute atomic E-state index is 12.0. The van der Waals surface area contributed by atoms with Gasteiger partial charge in [-0.3, -0.25) is 4.79 Å². The van der Waals surface area contributed by atoms with Crippen LogP contribution in [0.4, 0.5) is 0 Å². The summed E-state index contributed by atoms with van der Waals surface area (Å²) in [6.07, 6.45) is 1.47. The number of nitrogens with one attached hydrogen (secondary N) is 1. The van der Waals surface area contributed by atoms with Crippen molar-refractivity contribution in [3.8, 4) is 5.75 Å². The van der Waals surface area contributed by atoms with E-state index in [4.69, 9.17) is 25.8 Å². The second-order valence-corrected chi connectivity index (χ2v) is 5.53. The van der Waals surface area contributed by atoms with Crippen LogP contribution in [0.2, 0.25) is 5.02 Å². The molecule has 2 aromatic rings. The van der Waals surface area contributed by atoms with Gasteiger partial charge in [0.15, 0.2) is 12.6 Å². The van der Waals surface area contributed by atoms with Gasteiger partial charge in [0.25, 0.3) is 0 Å². The molecule has 0 fully saturated rings. The molecule has 6 nitrogen and oxygen atoms in total. The summed E-state index contributed by atoms with van der Waals surface area (Å²) < 4.78 is 15.9. The van der Waals surface area contributed by atoms with Gasteiger partial charge in [-0.15, -0.1) is 0 Å². The fraction of sp³-hybridized carbons (Fsp3) is 0.250. The van der Waals surface area contributed by atoms with Gasteiger partial charge in [0.1, 0.15) is 18.1 Å². The molecule has 0 unspecified atom stereocenters. The van der Waals surface area contributed by atoms with E-state index < -0.39 is 5.97 Å². The molecule has 0 radical (unpaired) electrons. The van der Waals surface area contributed by atoms with E-state index in [2.05, 4.69) is 4.98 Å². The van der Waals surface area contributed by atoms with Gasteiger partial charge in [-0.25, -0.2) is 4.79 Å². The Balaban J connectivity index is 1.74. The van der Waals surface area contributed by atoms with Gasteiger partial charge in [0.05, 0.1) is 6.61 Å². The molecule has 0 bridgehead atoms. The maximum Gasteiger partial charge on any atom is 0.355 e. The molecule has 3 rings (SSSR count). The molecular weight excluding hydrogens is 322 g/mol. The lowest BCUT2D eigenvalue weighted by molar-refractivity contribution is -0.0180. The number of carbonyl (C=O) groups is 2. The Labute approximate surface area is 137 Å². The third kappa shape index (κ3) is 3.38. The van der Waals surface area contributed by atoms with Gasteiger partial charge in [-0.05, 0) is 25.1 Å². The first-order valence-corrected chi connectivity index (χ1v) is 7.30. The van der Waals surface area contributed by atoms with Crippen molar-refractivity contribution >= 4 is 23.4 Å². The van der Waals surface area contributed by atoms with Gasteiger partial charge in [-0.2, -0.15) is 0 Å². The van der Waals surface area contributed by atoms with Crippen LogP contribution < -0.4 is 4.74 Å². The molecule has 2 heterocycles. The van der Waals surface area contributed by atoms with Gasteiger partial charge in [-0.1, -0.05) is 11.6 Å². The lowest BCUT2D eigenvalue weighted by Crippen LogP contribution is -2.14. The fourth-order valence-electron chi connectivity index (χ4n) is 2.30. The number of Topliss-reactive ketones (excluding diaryl/α,β-unsaturated/α-hetero) is 1. The van der Waals surface area contributed by atoms with Crippen LogP contribution in [0.25, 0.3) is 0 Å². The van der Waals surface area contributed by atoms with E-state index in [1.165, 1.54) is 19.2 Å². The number of rotatable bonds is 4. The Bertz CT molecular complexity index is 768. The van der Waals surface area contributed by atoms with E-state index in [0.717, 1.165) is 5.56 Å². The minimum absolute atomic E-state index is 0.0101. The second-order valence-electron chi connectivity index (χ2n) is 5.10. The van der Waals surface area contributed by atoms with E-state index >= 15 is 0 Å². The van der Waals surface area contributed by atoms with E-state index in [9.17, 15) is 9.59 Å². The quantitative estimate of drug-likeness (QED) is 0.686. The van der Waals surface area contributed by atoms with Gasteiger partial charge in [0, 0.05) is 27.9 Å². The summed E-state index contributed by atoms with van der Waals surface area (Å²) in [6, 6.07) is 4.91. The average Bonchev–Trinajstić information content (AvgIpc) is 3.02. The van der Waals surface area contributed by atoms with E-state index in [0.29, 0.717) is 28.5 Å². The highest BCUT2D eigenvalue weighted by molar-refractivity contribution is 6.30. The summed E-state index contributed by atoms with van der Waals surface area (Å²) >= 11 is 6.06. The first kappa shape index (κ1) is 15.6. The zero-order chi connectivity index (χ0) is 16.4. The van der Waals surface area contributed by atoms with Crippen molar-refractivity contribution in [2.75, 3.05) is 6.79 Å². The van der Waals surface area contributed by atoms with Crippen molar-refractivity contribution in [1.29, 1.82) is 0 Å². The summed E-state index contributed by atoms with van der Waals surface area (Å²) in [4.78, 5) is 26.0. The minimum Gasteiger partial charge on any atom is -0.467 e. The molecule has 7 heteroatoms. The van der Waals surface area contributed by atoms with Crippen LogP contribution in [0.1, 0.15) is 38.9 Å². The Morgan fingerprint density at radius 2 is 2.17 bits per heavy atom. The van der Waals surface area contributed by atoms with Gasteiger partial charge in [0.2, 0.25) is 0 Å². The number of hydrogen-bond donors (Lipinski definition) is 1. The summed E-state index contributed by atoms with van der Waals surface area (Å²) in [6.45, 7) is 1.98. The Kier molecular flexibility index (Phi) is 4.36. The van der Waals surface area contributed by atoms with Crippen molar-refractivity contribution < 1.29 is 23.8 Å². The van der Waals surface area contributed by atoms with Crippen LogP contribution in [-0.2, 0) is 22.7 Å². The molecule has 1 aliphatic rings. The minimum atomic E-state index is -0.557. The van der Waals surface area contributed by atoms with Gasteiger partial charge < -0.3 is 19.2 Å². The lowest BCUT2D eigenvalue weighted by Gasteiger charge is -2.21. The molecule has 0 atom stereocenters. The number of aromatic amines is 1. The zero-order valence-corrected chi connectivity index (χ0v) is 13.1. The van der Waals surface area contributed by atoms with E-state index in [1.807, 2.05) is 0 Å². The number of fused-ring (bicyclic) bond motifs is 1. The lowest BCUT2D eigenvalue weighted by atomic mass is 10.1. The number of ether oxygens (including phenoxy) is 3. The molecule has 1 aromatic heterocycles. The number of carbonyl (C=O) groups excluding carboxylic acids is 2. The molecule has 1 aromatic carbocycles. The Hall–Kier alpha value is -2.31. The highest BCUT2D eigenvalue weighted by Gasteiger charge is 2.18. The van der Waals surface area contributed by atoms with Crippen LogP contribution in [0.5, 0.6) is 5.75 Å². The van der Waals surface area contributed by atoms with Crippen molar-refractivity contribution in [2.45, 2.75) is 20.1 Å². The predicted octanol–water partition coefficient (Wildman–Crippen LogP) is 3.09. The summed E-state index contributed by atoms with van der Waals surface area (Å²) in [5.41, 5.74) is 2.13. The third-order valence-electron chi connectivity index (χ3n) is 3.42. The number of halogens is 1. The van der Waals surface area contributed by atoms with Crippen LogP contribution in [-0.4, -0.2) is 23.5 Å². The standard InChI is InChI=1S/C16H14ClNO5/c1-9(19)10-4-14(18-5-10)16(20)22-7-12-3-13(17)2-11-6-21-8-23-15(11)12/h2-5,18H,6-8H2,1H3. The van der Waals surface area contributed by atoms with Crippen LogP contribution in [0.3, 0.4) is 0 Å². The molecule has 1 aliphatic heterocycles. The molecule has 0 amide bonds. The largest absolute Gasteiger partial charge is 0.467 e. The number of aromatic nitrogens is 1. The normalized spacial score (nSPS) is 13.1. The molecule has 120 valence electrons. The summed E-state index contributed by atoms with van der Waals surface area (Å²) in [5, 5.41) is 0.516. The molecular formula is C16H14ClNO5. The van der Waals surface area contributed by atoms with Crippen LogP contribution in [0.15, 0.2) is 24.4 Å². The van der Waals surface area contributed by atoms with Crippen molar-refractivity contribution in [3.63, 3.8) is 0 Å². The van der Waals surface area contributed by atoms with Crippen LogP contribution in [0, 0.1) is 0 Å². The van der Waals surface area contributed by atoms with Crippen LogP contribution >= 0.6 is 11.6 Å². The zero-order valence-electron chi connectivity index (χ0n) is 12.3. The highest BCUT2D eigenvalue weighted by Crippen LogP contribution is 2.32. The number of benzene rings is 1. The summed E-state index contributed by atoms with van der Waals surface area (Å²) in [5.74, 6) is -0.0553. The number of H-pyrrole nitrogens is 1. The fourth-order valence-corrected chi connectivity index (χ4v) is 2.56. The maximum atomic E-state index is 12.0. The third-order valence-corrected chi connectivity index (χ3v) is 3.64. The van der Waals surface area contributed by atoms with Gasteiger partial charge >= 0.3 is 5.97 Å². The first-order valence-electron chi connectivity index (χ1n) is 6.93. The van der Waals surface area contributed by atoms with Crippen molar-refractivity contribution in [3.05, 3.63) is 51.8 Å². The number of esters is 1.